The molecule has 0 saturated heterocycles. The SMILES string of the molecule is C=CCNc1nnc(SCC(=O)Nc2ccc(C)cc2Br)s1. The van der Waals surface area contributed by atoms with Crippen LogP contribution in [0.1, 0.15) is 5.56 Å². The summed E-state index contributed by atoms with van der Waals surface area (Å²) >= 11 is 6.22. The van der Waals surface area contributed by atoms with Crippen molar-refractivity contribution in [2.75, 3.05) is 22.9 Å². The van der Waals surface area contributed by atoms with Crippen LogP contribution in [0.2, 0.25) is 0 Å². The molecule has 0 unspecified atom stereocenters. The molecule has 5 nitrogen and oxygen atoms in total. The Labute approximate surface area is 145 Å². The average Bonchev–Trinajstić information content (AvgIpc) is 2.94. The summed E-state index contributed by atoms with van der Waals surface area (Å²) in [6.45, 7) is 6.27. The monoisotopic (exact) mass is 398 g/mol. The first kappa shape index (κ1) is 17.0. The number of carbonyl (C=O) groups is 1. The van der Waals surface area contributed by atoms with Crippen molar-refractivity contribution in [2.45, 2.75) is 11.3 Å². The van der Waals surface area contributed by atoms with Crippen LogP contribution in [-0.4, -0.2) is 28.4 Å². The molecule has 0 atom stereocenters. The smallest absolute Gasteiger partial charge is 0.234 e. The maximum absolute atomic E-state index is 12.0. The molecule has 8 heteroatoms. The highest BCUT2D eigenvalue weighted by molar-refractivity contribution is 9.10. The summed E-state index contributed by atoms with van der Waals surface area (Å²) in [5, 5.41) is 14.7. The van der Waals surface area contributed by atoms with Crippen LogP contribution < -0.4 is 10.6 Å². The highest BCUT2D eigenvalue weighted by Crippen LogP contribution is 2.26. The lowest BCUT2D eigenvalue weighted by atomic mass is 10.2. The predicted molar refractivity (Wildman–Crippen MR) is 96.8 cm³/mol. The van der Waals surface area contributed by atoms with Crippen LogP contribution >= 0.6 is 39.0 Å². The molecule has 2 N–H and O–H groups in total. The summed E-state index contributed by atoms with van der Waals surface area (Å²) in [4.78, 5) is 12.0. The lowest BCUT2D eigenvalue weighted by Gasteiger charge is -2.07. The molecule has 0 saturated carbocycles. The van der Waals surface area contributed by atoms with E-state index in [4.69, 9.17) is 0 Å². The fourth-order valence-electron chi connectivity index (χ4n) is 1.53. The summed E-state index contributed by atoms with van der Waals surface area (Å²) in [7, 11) is 0. The number of aromatic nitrogens is 2. The van der Waals surface area contributed by atoms with Crippen molar-refractivity contribution in [3.05, 3.63) is 40.9 Å². The molecule has 1 heterocycles. The minimum atomic E-state index is -0.0784. The van der Waals surface area contributed by atoms with Gasteiger partial charge in [0.05, 0.1) is 11.4 Å². The van der Waals surface area contributed by atoms with Gasteiger partial charge in [-0.25, -0.2) is 0 Å². The highest BCUT2D eigenvalue weighted by atomic mass is 79.9. The van der Waals surface area contributed by atoms with E-state index in [0.29, 0.717) is 6.54 Å². The molecular formula is C14H15BrN4OS2. The zero-order valence-corrected chi connectivity index (χ0v) is 15.1. The van der Waals surface area contributed by atoms with Crippen LogP contribution in [0.5, 0.6) is 0 Å². The van der Waals surface area contributed by atoms with Crippen LogP contribution in [0.15, 0.2) is 39.7 Å². The number of benzene rings is 1. The van der Waals surface area contributed by atoms with E-state index in [1.54, 1.807) is 6.08 Å². The number of carbonyl (C=O) groups excluding carboxylic acids is 1. The Morgan fingerprint density at radius 1 is 1.50 bits per heavy atom. The van der Waals surface area contributed by atoms with Gasteiger partial charge in [-0.05, 0) is 40.5 Å². The molecule has 0 aliphatic heterocycles. The average molecular weight is 399 g/mol. The number of thioether (sulfide) groups is 1. The van der Waals surface area contributed by atoms with Gasteiger partial charge in [0.25, 0.3) is 0 Å². The maximum atomic E-state index is 12.0. The third kappa shape index (κ3) is 5.11. The Morgan fingerprint density at radius 3 is 3.05 bits per heavy atom. The summed E-state index contributed by atoms with van der Waals surface area (Å²) < 4.78 is 1.63. The molecule has 0 bridgehead atoms. The predicted octanol–water partition coefficient (Wildman–Crippen LogP) is 3.94. The van der Waals surface area contributed by atoms with E-state index in [9.17, 15) is 4.79 Å². The van der Waals surface area contributed by atoms with E-state index in [1.807, 2.05) is 25.1 Å². The number of amides is 1. The molecule has 1 aromatic heterocycles. The van der Waals surface area contributed by atoms with Crippen molar-refractivity contribution in [1.82, 2.24) is 10.2 Å². The van der Waals surface area contributed by atoms with Crippen molar-refractivity contribution in [3.8, 4) is 0 Å². The van der Waals surface area contributed by atoms with Crippen LogP contribution in [-0.2, 0) is 4.79 Å². The number of nitrogens with one attached hydrogen (secondary N) is 2. The fraction of sp³-hybridized carbons (Fsp3) is 0.214. The van der Waals surface area contributed by atoms with Gasteiger partial charge in [0.15, 0.2) is 4.34 Å². The summed E-state index contributed by atoms with van der Waals surface area (Å²) in [5.41, 5.74) is 1.90. The number of hydrogen-bond acceptors (Lipinski definition) is 6. The molecule has 1 aromatic carbocycles. The van der Waals surface area contributed by atoms with Gasteiger partial charge in [-0.3, -0.25) is 4.79 Å². The largest absolute Gasteiger partial charge is 0.357 e. The second kappa shape index (κ2) is 8.30. The van der Waals surface area contributed by atoms with Gasteiger partial charge in [-0.15, -0.1) is 16.8 Å². The van der Waals surface area contributed by atoms with Gasteiger partial charge in [0.2, 0.25) is 11.0 Å². The van der Waals surface area contributed by atoms with Gasteiger partial charge in [-0.2, -0.15) is 0 Å². The Hall–Kier alpha value is -1.38. The molecule has 1 amide bonds. The van der Waals surface area contributed by atoms with E-state index in [2.05, 4.69) is 43.3 Å². The van der Waals surface area contributed by atoms with Crippen LogP contribution in [0.3, 0.4) is 0 Å². The molecule has 2 aromatic rings. The first-order valence-corrected chi connectivity index (χ1v) is 9.05. The molecule has 22 heavy (non-hydrogen) atoms. The Morgan fingerprint density at radius 2 is 2.32 bits per heavy atom. The van der Waals surface area contributed by atoms with E-state index in [-0.39, 0.29) is 11.7 Å². The second-order valence-electron chi connectivity index (χ2n) is 4.36. The van der Waals surface area contributed by atoms with Gasteiger partial charge >= 0.3 is 0 Å². The van der Waals surface area contributed by atoms with Crippen LogP contribution in [0, 0.1) is 6.92 Å². The quantitative estimate of drug-likeness (QED) is 0.545. The highest BCUT2D eigenvalue weighted by Gasteiger charge is 2.09. The zero-order chi connectivity index (χ0) is 15.9. The van der Waals surface area contributed by atoms with Crippen LogP contribution in [0.4, 0.5) is 10.8 Å². The first-order chi connectivity index (χ1) is 10.6. The molecule has 116 valence electrons. The zero-order valence-electron chi connectivity index (χ0n) is 11.9. The second-order valence-corrected chi connectivity index (χ2v) is 7.42. The maximum Gasteiger partial charge on any atom is 0.234 e. The summed E-state index contributed by atoms with van der Waals surface area (Å²) in [6, 6.07) is 5.80. The van der Waals surface area contributed by atoms with E-state index < -0.39 is 0 Å². The standard InChI is InChI=1S/C14H15BrN4OS2/c1-3-6-16-13-18-19-14(22-13)21-8-12(20)17-11-5-4-9(2)7-10(11)15/h3-5,7H,1,6,8H2,2H3,(H,16,18)(H,17,20). The molecule has 0 spiro atoms. The van der Waals surface area contributed by atoms with Crippen molar-refractivity contribution >= 4 is 55.8 Å². The molecular weight excluding hydrogens is 384 g/mol. The number of halogens is 1. The van der Waals surface area contributed by atoms with E-state index in [0.717, 1.165) is 25.2 Å². The minimum absolute atomic E-state index is 0.0784. The molecule has 0 radical (unpaired) electrons. The lowest BCUT2D eigenvalue weighted by molar-refractivity contribution is -0.113. The summed E-state index contributed by atoms with van der Waals surface area (Å²) in [5.74, 6) is 0.210. The third-order valence-corrected chi connectivity index (χ3v) is 5.20. The molecule has 2 rings (SSSR count). The van der Waals surface area contributed by atoms with Crippen molar-refractivity contribution < 1.29 is 4.79 Å². The molecule has 0 fully saturated rings. The molecule has 0 aliphatic carbocycles. The normalized spacial score (nSPS) is 10.3. The van der Waals surface area contributed by atoms with Gasteiger partial charge < -0.3 is 10.6 Å². The van der Waals surface area contributed by atoms with Gasteiger partial charge in [0, 0.05) is 11.0 Å². The van der Waals surface area contributed by atoms with Crippen LogP contribution in [0.25, 0.3) is 0 Å². The molecule has 0 aliphatic rings. The Balaban J connectivity index is 1.84. The lowest BCUT2D eigenvalue weighted by Crippen LogP contribution is -2.14. The Bertz CT molecular complexity index is 675. The Kier molecular flexibility index (Phi) is 6.41. The number of rotatable bonds is 7. The van der Waals surface area contributed by atoms with E-state index in [1.165, 1.54) is 23.1 Å². The topological polar surface area (TPSA) is 66.9 Å². The van der Waals surface area contributed by atoms with E-state index >= 15 is 0 Å². The number of hydrogen-bond donors (Lipinski definition) is 2. The minimum Gasteiger partial charge on any atom is -0.357 e. The summed E-state index contributed by atoms with van der Waals surface area (Å²) in [6.07, 6.45) is 1.75. The van der Waals surface area contributed by atoms with Gasteiger partial charge in [0.1, 0.15) is 0 Å². The number of nitrogens with zero attached hydrogens (tertiary/aromatic N) is 2. The number of aryl methyl sites for hydroxylation is 1. The van der Waals surface area contributed by atoms with Crippen molar-refractivity contribution in [2.24, 2.45) is 0 Å². The third-order valence-electron chi connectivity index (χ3n) is 2.53. The van der Waals surface area contributed by atoms with Crippen molar-refractivity contribution in [3.63, 3.8) is 0 Å². The van der Waals surface area contributed by atoms with Gasteiger partial charge in [-0.1, -0.05) is 35.2 Å². The van der Waals surface area contributed by atoms with Crippen molar-refractivity contribution in [1.29, 1.82) is 0 Å². The first-order valence-electron chi connectivity index (χ1n) is 6.45. The fourth-order valence-corrected chi connectivity index (χ4v) is 3.69. The number of anilines is 2.